The van der Waals surface area contributed by atoms with Gasteiger partial charge in [0.2, 0.25) is 5.91 Å². The van der Waals surface area contributed by atoms with E-state index in [0.29, 0.717) is 17.9 Å². The van der Waals surface area contributed by atoms with Crippen LogP contribution in [0, 0.1) is 17.8 Å². The molecule has 2 aliphatic heterocycles. The zero-order valence-corrected chi connectivity index (χ0v) is 17.8. The molecule has 3 atom stereocenters. The Balaban J connectivity index is 1.17. The Morgan fingerprint density at radius 1 is 1.10 bits per heavy atom. The molecule has 6 fully saturated rings. The Morgan fingerprint density at radius 3 is 2.63 bits per heavy atom. The SMILES string of the molecule is O=C(NC12CC3CC(C1)CC(n1ncnn1)(C3)C2)C1CCCN(C2CCOCC2)C1. The molecule has 6 aliphatic rings. The van der Waals surface area contributed by atoms with Crippen LogP contribution in [0.1, 0.15) is 64.2 Å². The predicted molar refractivity (Wildman–Crippen MR) is 109 cm³/mol. The molecule has 0 radical (unpaired) electrons. The highest BCUT2D eigenvalue weighted by Gasteiger charge is 2.60. The number of nitrogens with one attached hydrogen (secondary N) is 1. The van der Waals surface area contributed by atoms with E-state index < -0.39 is 0 Å². The predicted octanol–water partition coefficient (Wildman–Crippen LogP) is 1.73. The summed E-state index contributed by atoms with van der Waals surface area (Å²) < 4.78 is 5.54. The summed E-state index contributed by atoms with van der Waals surface area (Å²) >= 11 is 0. The van der Waals surface area contributed by atoms with Crippen LogP contribution in [0.4, 0.5) is 0 Å². The number of carbonyl (C=O) groups is 1. The maximum absolute atomic E-state index is 13.5. The third kappa shape index (κ3) is 3.27. The molecule has 2 saturated heterocycles. The van der Waals surface area contributed by atoms with Crippen molar-refractivity contribution in [2.24, 2.45) is 17.8 Å². The van der Waals surface area contributed by atoms with Gasteiger partial charge in [0.1, 0.15) is 0 Å². The van der Waals surface area contributed by atoms with E-state index in [1.54, 1.807) is 6.33 Å². The molecule has 30 heavy (non-hydrogen) atoms. The third-order valence-corrected chi connectivity index (χ3v) is 8.72. The second-order valence-electron chi connectivity index (χ2n) is 10.9. The Hall–Kier alpha value is -1.54. The van der Waals surface area contributed by atoms with Crippen molar-refractivity contribution in [2.45, 2.75) is 81.3 Å². The van der Waals surface area contributed by atoms with E-state index in [1.807, 2.05) is 4.80 Å². The molecule has 0 aromatic carbocycles. The molecule has 3 heterocycles. The first kappa shape index (κ1) is 19.2. The average molecular weight is 415 g/mol. The number of rotatable bonds is 4. The molecular formula is C22H34N6O2. The smallest absolute Gasteiger partial charge is 0.224 e. The summed E-state index contributed by atoms with van der Waals surface area (Å²) in [4.78, 5) is 17.9. The van der Waals surface area contributed by atoms with Gasteiger partial charge >= 0.3 is 0 Å². The lowest BCUT2D eigenvalue weighted by Gasteiger charge is -2.61. The molecule has 4 saturated carbocycles. The van der Waals surface area contributed by atoms with Gasteiger partial charge in [-0.25, -0.2) is 0 Å². The number of aromatic nitrogens is 4. The summed E-state index contributed by atoms with van der Waals surface area (Å²) in [6, 6.07) is 0.593. The Kier molecular flexibility index (Phi) is 4.64. The number of nitrogens with zero attached hydrogens (tertiary/aromatic N) is 5. The van der Waals surface area contributed by atoms with E-state index >= 15 is 0 Å². The van der Waals surface area contributed by atoms with Crippen molar-refractivity contribution >= 4 is 5.91 Å². The molecule has 4 bridgehead atoms. The van der Waals surface area contributed by atoms with Gasteiger partial charge in [-0.2, -0.15) is 4.80 Å². The fourth-order valence-corrected chi connectivity index (χ4v) is 7.94. The first-order valence-electron chi connectivity index (χ1n) is 12.0. The number of piperidine rings is 1. The van der Waals surface area contributed by atoms with E-state index in [4.69, 9.17) is 4.74 Å². The minimum absolute atomic E-state index is 0.0471. The number of tetrazole rings is 1. The monoisotopic (exact) mass is 414 g/mol. The van der Waals surface area contributed by atoms with Gasteiger partial charge in [0, 0.05) is 31.3 Å². The standard InChI is InChI=1S/C22H34N6O2/c29-20(18-2-1-5-27(13-18)19-3-6-30-7-4-19)25-21-9-16-8-17(10-21)12-22(11-16,14-21)28-24-15-23-26-28/h15-19H,1-14H2,(H,25,29). The Bertz CT molecular complexity index is 763. The maximum atomic E-state index is 13.5. The molecule has 3 unspecified atom stereocenters. The number of hydrogen-bond acceptors (Lipinski definition) is 6. The highest BCUT2D eigenvalue weighted by molar-refractivity contribution is 5.80. The van der Waals surface area contributed by atoms with Gasteiger partial charge in [-0.05, 0) is 87.8 Å². The van der Waals surface area contributed by atoms with Crippen LogP contribution >= 0.6 is 0 Å². The molecule has 8 nitrogen and oxygen atoms in total. The van der Waals surface area contributed by atoms with Gasteiger partial charge in [-0.15, -0.1) is 10.2 Å². The highest BCUT2D eigenvalue weighted by Crippen LogP contribution is 2.60. The van der Waals surface area contributed by atoms with E-state index in [1.165, 1.54) is 6.42 Å². The molecule has 7 rings (SSSR count). The molecular weight excluding hydrogens is 380 g/mol. The summed E-state index contributed by atoms with van der Waals surface area (Å²) in [5.74, 6) is 1.75. The maximum Gasteiger partial charge on any atom is 0.224 e. The van der Waals surface area contributed by atoms with Crippen molar-refractivity contribution in [3.63, 3.8) is 0 Å². The van der Waals surface area contributed by atoms with Crippen LogP contribution in [0.15, 0.2) is 6.33 Å². The van der Waals surface area contributed by atoms with Gasteiger partial charge in [-0.3, -0.25) is 9.69 Å². The number of hydrogen-bond donors (Lipinski definition) is 1. The first-order valence-corrected chi connectivity index (χ1v) is 12.0. The van der Waals surface area contributed by atoms with Gasteiger partial charge in [-0.1, -0.05) is 0 Å². The van der Waals surface area contributed by atoms with Crippen molar-refractivity contribution in [3.8, 4) is 0 Å². The number of amides is 1. The van der Waals surface area contributed by atoms with Crippen molar-refractivity contribution in [3.05, 3.63) is 6.33 Å². The average Bonchev–Trinajstić information content (AvgIpc) is 3.29. The lowest BCUT2D eigenvalue weighted by molar-refractivity contribution is -0.137. The van der Waals surface area contributed by atoms with Crippen LogP contribution in [0.5, 0.6) is 0 Å². The molecule has 164 valence electrons. The van der Waals surface area contributed by atoms with Crippen LogP contribution in [0.25, 0.3) is 0 Å². The topological polar surface area (TPSA) is 85.2 Å². The molecule has 8 heteroatoms. The fraction of sp³-hybridized carbons (Fsp3) is 0.909. The Morgan fingerprint density at radius 2 is 1.90 bits per heavy atom. The number of ether oxygens (including phenoxy) is 1. The summed E-state index contributed by atoms with van der Waals surface area (Å²) in [5.41, 5.74) is -0.121. The van der Waals surface area contributed by atoms with E-state index in [2.05, 4.69) is 25.6 Å². The van der Waals surface area contributed by atoms with E-state index in [9.17, 15) is 4.79 Å². The summed E-state index contributed by atoms with van der Waals surface area (Å²) in [7, 11) is 0. The van der Waals surface area contributed by atoms with Crippen molar-refractivity contribution in [2.75, 3.05) is 26.3 Å². The molecule has 1 aromatic heterocycles. The van der Waals surface area contributed by atoms with Crippen LogP contribution in [-0.4, -0.2) is 68.9 Å². The zero-order valence-electron chi connectivity index (χ0n) is 17.8. The second kappa shape index (κ2) is 7.26. The van der Waals surface area contributed by atoms with Gasteiger partial charge in [0.25, 0.3) is 0 Å². The number of carbonyl (C=O) groups excluding carboxylic acids is 1. The van der Waals surface area contributed by atoms with Gasteiger partial charge in [0.05, 0.1) is 11.5 Å². The summed E-state index contributed by atoms with van der Waals surface area (Å²) in [5, 5.41) is 16.3. The van der Waals surface area contributed by atoms with Gasteiger partial charge < -0.3 is 10.1 Å². The highest BCUT2D eigenvalue weighted by atomic mass is 16.5. The van der Waals surface area contributed by atoms with Crippen LogP contribution in [0.2, 0.25) is 0 Å². The van der Waals surface area contributed by atoms with Gasteiger partial charge in [0.15, 0.2) is 6.33 Å². The molecule has 1 amide bonds. The quantitative estimate of drug-likeness (QED) is 0.808. The third-order valence-electron chi connectivity index (χ3n) is 8.72. The largest absolute Gasteiger partial charge is 0.381 e. The van der Waals surface area contributed by atoms with Crippen molar-refractivity contribution in [1.29, 1.82) is 0 Å². The normalized spacial score (nSPS) is 41.8. The summed E-state index contributed by atoms with van der Waals surface area (Å²) in [6.45, 7) is 3.77. The fourth-order valence-electron chi connectivity index (χ4n) is 7.94. The second-order valence-corrected chi connectivity index (χ2v) is 10.9. The molecule has 4 aliphatic carbocycles. The minimum Gasteiger partial charge on any atom is -0.381 e. The van der Waals surface area contributed by atoms with Crippen LogP contribution in [0.3, 0.4) is 0 Å². The molecule has 1 aromatic rings. The summed E-state index contributed by atoms with van der Waals surface area (Å²) in [6.07, 6.45) is 12.7. The minimum atomic E-state index is -0.0737. The van der Waals surface area contributed by atoms with Crippen LogP contribution in [-0.2, 0) is 15.1 Å². The number of likely N-dealkylation sites (tertiary alicyclic amines) is 1. The van der Waals surface area contributed by atoms with E-state index in [0.717, 1.165) is 84.1 Å². The molecule has 0 spiro atoms. The lowest BCUT2D eigenvalue weighted by Crippen LogP contribution is -2.67. The molecule has 1 N–H and O–H groups in total. The lowest BCUT2D eigenvalue weighted by atomic mass is 9.50. The van der Waals surface area contributed by atoms with E-state index in [-0.39, 0.29) is 22.9 Å². The van der Waals surface area contributed by atoms with Crippen molar-refractivity contribution < 1.29 is 9.53 Å². The van der Waals surface area contributed by atoms with Crippen LogP contribution < -0.4 is 5.32 Å². The Labute approximate surface area is 178 Å². The van der Waals surface area contributed by atoms with Crippen molar-refractivity contribution in [1.82, 2.24) is 30.4 Å². The zero-order chi connectivity index (χ0) is 20.2. The first-order chi connectivity index (χ1) is 14.6.